The van der Waals surface area contributed by atoms with Gasteiger partial charge in [0.05, 0.1) is 5.54 Å². The molecule has 1 aliphatic rings. The van der Waals surface area contributed by atoms with Crippen molar-refractivity contribution in [3.8, 4) is 0 Å². The molecule has 1 saturated carbocycles. The first-order valence-electron chi connectivity index (χ1n) is 8.94. The number of carbonyl (C=O) groups is 1. The van der Waals surface area contributed by atoms with Gasteiger partial charge in [0.25, 0.3) is 0 Å². The van der Waals surface area contributed by atoms with Crippen molar-refractivity contribution in [1.29, 1.82) is 0 Å². The molecule has 0 bridgehead atoms. The number of hydrogen-bond donors (Lipinski definition) is 2. The van der Waals surface area contributed by atoms with E-state index in [9.17, 15) is 4.79 Å². The zero-order valence-electron chi connectivity index (χ0n) is 15.4. The molecule has 0 radical (unpaired) electrons. The van der Waals surface area contributed by atoms with Crippen LogP contribution in [0.15, 0.2) is 0 Å². The highest BCUT2D eigenvalue weighted by molar-refractivity contribution is 5.68. The van der Waals surface area contributed by atoms with Gasteiger partial charge >= 0.3 is 6.09 Å². The van der Waals surface area contributed by atoms with Crippen molar-refractivity contribution in [2.24, 2.45) is 5.92 Å². The standard InChI is InChI=1S/C18H36N2O2/c1-7-18(8-2,20-16(21)22-17(4,5)6)13-19-15-11-9-10-14(3)12-15/h14-15,19H,7-13H2,1-6H3,(H,20,21). The molecule has 130 valence electrons. The number of nitrogens with one attached hydrogen (secondary N) is 2. The highest BCUT2D eigenvalue weighted by Gasteiger charge is 2.31. The normalized spacial score (nSPS) is 23.2. The molecule has 0 aromatic rings. The molecule has 0 aromatic heterocycles. The van der Waals surface area contributed by atoms with Gasteiger partial charge in [0.15, 0.2) is 0 Å². The maximum Gasteiger partial charge on any atom is 0.408 e. The van der Waals surface area contributed by atoms with Crippen LogP contribution in [0.5, 0.6) is 0 Å². The minimum Gasteiger partial charge on any atom is -0.444 e. The fraction of sp³-hybridized carbons (Fsp3) is 0.944. The first-order chi connectivity index (χ1) is 10.2. The van der Waals surface area contributed by atoms with Crippen molar-refractivity contribution in [3.63, 3.8) is 0 Å². The summed E-state index contributed by atoms with van der Waals surface area (Å²) in [5.74, 6) is 0.808. The number of ether oxygens (including phenoxy) is 1. The molecule has 2 atom stereocenters. The number of rotatable bonds is 6. The van der Waals surface area contributed by atoms with Crippen LogP contribution in [-0.2, 0) is 4.74 Å². The molecule has 22 heavy (non-hydrogen) atoms. The quantitative estimate of drug-likeness (QED) is 0.771. The van der Waals surface area contributed by atoms with E-state index in [4.69, 9.17) is 4.74 Å². The van der Waals surface area contributed by atoms with E-state index in [-0.39, 0.29) is 11.6 Å². The SMILES string of the molecule is CCC(CC)(CNC1CCCC(C)C1)NC(=O)OC(C)(C)C. The predicted molar refractivity (Wildman–Crippen MR) is 92.1 cm³/mol. The van der Waals surface area contributed by atoms with Gasteiger partial charge in [-0.25, -0.2) is 4.79 Å². The van der Waals surface area contributed by atoms with Crippen LogP contribution >= 0.6 is 0 Å². The van der Waals surface area contributed by atoms with Crippen LogP contribution in [0.4, 0.5) is 4.79 Å². The molecular formula is C18H36N2O2. The Morgan fingerprint density at radius 3 is 2.32 bits per heavy atom. The summed E-state index contributed by atoms with van der Waals surface area (Å²) >= 11 is 0. The Morgan fingerprint density at radius 1 is 1.18 bits per heavy atom. The van der Waals surface area contributed by atoms with Gasteiger partial charge in [-0.1, -0.05) is 33.6 Å². The molecule has 1 fully saturated rings. The van der Waals surface area contributed by atoms with Crippen LogP contribution < -0.4 is 10.6 Å². The molecule has 4 heteroatoms. The van der Waals surface area contributed by atoms with Gasteiger partial charge in [0, 0.05) is 12.6 Å². The third-order valence-electron chi connectivity index (χ3n) is 4.79. The lowest BCUT2D eigenvalue weighted by Gasteiger charge is -2.37. The van der Waals surface area contributed by atoms with E-state index in [1.54, 1.807) is 0 Å². The third-order valence-corrected chi connectivity index (χ3v) is 4.79. The Labute approximate surface area is 136 Å². The molecule has 1 rings (SSSR count). The largest absolute Gasteiger partial charge is 0.444 e. The highest BCUT2D eigenvalue weighted by atomic mass is 16.6. The number of hydrogen-bond acceptors (Lipinski definition) is 3. The van der Waals surface area contributed by atoms with Gasteiger partial charge in [-0.15, -0.1) is 0 Å². The minimum atomic E-state index is -0.455. The van der Waals surface area contributed by atoms with Crippen LogP contribution in [0.2, 0.25) is 0 Å². The van der Waals surface area contributed by atoms with E-state index < -0.39 is 5.60 Å². The molecule has 0 aromatic carbocycles. The van der Waals surface area contributed by atoms with E-state index >= 15 is 0 Å². The fourth-order valence-corrected chi connectivity index (χ4v) is 3.20. The Morgan fingerprint density at radius 2 is 1.82 bits per heavy atom. The van der Waals surface area contributed by atoms with Crippen molar-refractivity contribution < 1.29 is 9.53 Å². The highest BCUT2D eigenvalue weighted by Crippen LogP contribution is 2.24. The molecule has 0 saturated heterocycles. The number of amides is 1. The van der Waals surface area contributed by atoms with Gasteiger partial charge in [-0.3, -0.25) is 0 Å². The van der Waals surface area contributed by atoms with E-state index in [0.717, 1.165) is 25.3 Å². The maximum atomic E-state index is 12.1. The number of alkyl carbamates (subject to hydrolysis) is 1. The summed E-state index contributed by atoms with van der Waals surface area (Å²) in [5, 5.41) is 6.81. The Balaban J connectivity index is 2.56. The Kier molecular flexibility index (Phi) is 7.17. The average molecular weight is 312 g/mol. The maximum absolute atomic E-state index is 12.1. The summed E-state index contributed by atoms with van der Waals surface area (Å²) in [5.41, 5.74) is -0.674. The van der Waals surface area contributed by atoms with Gasteiger partial charge in [0.1, 0.15) is 5.60 Å². The first-order valence-corrected chi connectivity index (χ1v) is 8.94. The fourth-order valence-electron chi connectivity index (χ4n) is 3.20. The van der Waals surface area contributed by atoms with Crippen molar-refractivity contribution >= 4 is 6.09 Å². The predicted octanol–water partition coefficient (Wildman–Crippen LogP) is 4.24. The lowest BCUT2D eigenvalue weighted by atomic mass is 9.86. The average Bonchev–Trinajstić information content (AvgIpc) is 2.41. The van der Waals surface area contributed by atoms with E-state index in [1.807, 2.05) is 20.8 Å². The first kappa shape index (κ1) is 19.3. The van der Waals surface area contributed by atoms with E-state index in [2.05, 4.69) is 31.4 Å². The lowest BCUT2D eigenvalue weighted by molar-refractivity contribution is 0.0442. The second-order valence-electron chi connectivity index (χ2n) is 7.96. The van der Waals surface area contributed by atoms with Crippen LogP contribution in [0.25, 0.3) is 0 Å². The Hall–Kier alpha value is -0.770. The monoisotopic (exact) mass is 312 g/mol. The zero-order chi connectivity index (χ0) is 16.8. The van der Waals surface area contributed by atoms with Gasteiger partial charge in [-0.05, 0) is 52.4 Å². The van der Waals surface area contributed by atoms with Crippen molar-refractivity contribution in [2.45, 2.75) is 97.2 Å². The molecule has 2 N–H and O–H groups in total. The molecule has 0 heterocycles. The minimum absolute atomic E-state index is 0.219. The molecule has 4 nitrogen and oxygen atoms in total. The third kappa shape index (κ3) is 6.55. The van der Waals surface area contributed by atoms with E-state index in [0.29, 0.717) is 6.04 Å². The van der Waals surface area contributed by atoms with E-state index in [1.165, 1.54) is 25.7 Å². The summed E-state index contributed by atoms with van der Waals surface area (Å²) in [6.07, 6.45) is 6.65. The summed E-state index contributed by atoms with van der Waals surface area (Å²) in [4.78, 5) is 12.1. The summed E-state index contributed by atoms with van der Waals surface area (Å²) in [7, 11) is 0. The zero-order valence-corrected chi connectivity index (χ0v) is 15.4. The van der Waals surface area contributed by atoms with Crippen LogP contribution in [0.3, 0.4) is 0 Å². The van der Waals surface area contributed by atoms with Gasteiger partial charge in [-0.2, -0.15) is 0 Å². The molecule has 0 aliphatic heterocycles. The second kappa shape index (κ2) is 8.19. The molecule has 1 amide bonds. The molecule has 1 aliphatic carbocycles. The molecule has 2 unspecified atom stereocenters. The summed E-state index contributed by atoms with van der Waals surface area (Å²) in [6.45, 7) is 13.1. The topological polar surface area (TPSA) is 50.4 Å². The summed E-state index contributed by atoms with van der Waals surface area (Å²) in [6, 6.07) is 0.585. The van der Waals surface area contributed by atoms with Crippen LogP contribution in [0, 0.1) is 5.92 Å². The van der Waals surface area contributed by atoms with Crippen LogP contribution in [-0.4, -0.2) is 29.8 Å². The van der Waals surface area contributed by atoms with Crippen molar-refractivity contribution in [3.05, 3.63) is 0 Å². The lowest BCUT2D eigenvalue weighted by Crippen LogP contribution is -2.56. The van der Waals surface area contributed by atoms with Crippen molar-refractivity contribution in [2.75, 3.05) is 6.54 Å². The van der Waals surface area contributed by atoms with Gasteiger partial charge in [0.2, 0.25) is 0 Å². The smallest absolute Gasteiger partial charge is 0.408 e. The molecular weight excluding hydrogens is 276 g/mol. The number of carbonyl (C=O) groups excluding carboxylic acids is 1. The Bertz CT molecular complexity index is 345. The second-order valence-corrected chi connectivity index (χ2v) is 7.96. The van der Waals surface area contributed by atoms with Gasteiger partial charge < -0.3 is 15.4 Å². The molecule has 0 spiro atoms. The van der Waals surface area contributed by atoms with Crippen LogP contribution in [0.1, 0.15) is 80.1 Å². The van der Waals surface area contributed by atoms with Crippen molar-refractivity contribution in [1.82, 2.24) is 10.6 Å². The summed E-state index contributed by atoms with van der Waals surface area (Å²) < 4.78 is 5.43.